The van der Waals surface area contributed by atoms with Crippen molar-refractivity contribution in [3.63, 3.8) is 0 Å². The fourth-order valence-electron chi connectivity index (χ4n) is 0. The molecule has 0 amide bonds. The molecule has 0 aromatic rings. The minimum Gasteiger partial charge on any atom is -0.514 e. The third-order valence-corrected chi connectivity index (χ3v) is 0. The van der Waals surface area contributed by atoms with E-state index >= 15 is 0 Å². The number of hydrogen-bond donors (Lipinski definition) is 1. The third-order valence-electron chi connectivity index (χ3n) is 0. The first-order valence-corrected chi connectivity index (χ1v) is 1.12. The first-order chi connectivity index (χ1) is 1.41. The molecule has 1 atom stereocenters. The molecule has 0 rings (SSSR count). The Hall–Kier alpha value is 1.20. The van der Waals surface area contributed by atoms with Crippen molar-refractivity contribution in [2.75, 3.05) is 0 Å². The number of nitrogens with one attached hydrogen (secondary N) is 1. The van der Waals surface area contributed by atoms with Crippen LogP contribution >= 0.6 is 9.24 Å². The van der Waals surface area contributed by atoms with Gasteiger partial charge in [0.15, 0.2) is 0 Å². The maximum absolute atomic E-state index is 5.92. The Labute approximate surface area is 53.1 Å². The normalized spacial score (nSPS) is 3.25. The molecular weight excluding hydrogens is 146 g/mol. The fraction of sp³-hybridized carbons (Fsp3) is 0. The van der Waals surface area contributed by atoms with Gasteiger partial charge in [-0.2, -0.15) is 0 Å². The van der Waals surface area contributed by atoms with Crippen molar-refractivity contribution in [1.82, 2.24) is 0 Å². The van der Waals surface area contributed by atoms with Crippen LogP contribution < -0.4 is 0 Å². The standard InChI is InChI=1S/CH3NP.Y/c2-1-3;/h2H,3H2;/q-1;. The van der Waals surface area contributed by atoms with Gasteiger partial charge in [0.2, 0.25) is 0 Å². The summed E-state index contributed by atoms with van der Waals surface area (Å²) in [7, 11) is 2.00. The van der Waals surface area contributed by atoms with Gasteiger partial charge in [-0.1, -0.05) is 0 Å². The first-order valence-electron chi connectivity index (χ1n) is 0.539. The van der Waals surface area contributed by atoms with Crippen LogP contribution in [-0.2, 0) is 32.7 Å². The van der Waals surface area contributed by atoms with E-state index in [1.54, 1.807) is 0 Å². The zero-order valence-electron chi connectivity index (χ0n) is 2.15. The molecule has 0 saturated carbocycles. The average Bonchev–Trinajstić information content (AvgIpc) is 0.918. The van der Waals surface area contributed by atoms with E-state index in [4.69, 9.17) is 5.41 Å². The average molecular weight is 149 g/mol. The van der Waals surface area contributed by atoms with Crippen molar-refractivity contribution < 1.29 is 32.7 Å². The molecule has 0 aliphatic carbocycles. The zero-order chi connectivity index (χ0) is 2.71. The molecule has 0 aliphatic rings. The maximum Gasteiger partial charge on any atom is 0 e. The summed E-state index contributed by atoms with van der Waals surface area (Å²) in [6.45, 7) is 0. The van der Waals surface area contributed by atoms with Gasteiger partial charge in [-0.3, -0.25) is 9.24 Å². The van der Waals surface area contributed by atoms with Crippen molar-refractivity contribution in [2.45, 2.75) is 0 Å². The van der Waals surface area contributed by atoms with Crippen LogP contribution in [-0.4, -0.2) is 5.96 Å². The third kappa shape index (κ3) is 10.7. The summed E-state index contributed by atoms with van der Waals surface area (Å²) in [6.07, 6.45) is 0. The zero-order valence-corrected chi connectivity index (χ0v) is 6.15. The molecule has 1 radical (unpaired) electrons. The summed E-state index contributed by atoms with van der Waals surface area (Å²) < 4.78 is 0. The van der Waals surface area contributed by atoms with Crippen molar-refractivity contribution in [3.8, 4) is 0 Å². The van der Waals surface area contributed by atoms with E-state index < -0.39 is 0 Å². The molecule has 0 saturated heterocycles. The Morgan fingerprint density at radius 1 is 1.75 bits per heavy atom. The van der Waals surface area contributed by atoms with Gasteiger partial charge < -0.3 is 11.4 Å². The van der Waals surface area contributed by atoms with Crippen LogP contribution in [0.3, 0.4) is 0 Å². The monoisotopic (exact) mass is 149 g/mol. The van der Waals surface area contributed by atoms with Crippen molar-refractivity contribution in [1.29, 1.82) is 5.41 Å². The van der Waals surface area contributed by atoms with E-state index in [0.29, 0.717) is 0 Å². The van der Waals surface area contributed by atoms with Gasteiger partial charge in [0.05, 0.1) is 0 Å². The van der Waals surface area contributed by atoms with E-state index in [1.807, 2.05) is 15.2 Å². The van der Waals surface area contributed by atoms with Crippen molar-refractivity contribution in [2.24, 2.45) is 0 Å². The molecule has 1 nitrogen and oxygen atoms in total. The van der Waals surface area contributed by atoms with Gasteiger partial charge in [0.25, 0.3) is 0 Å². The molecule has 0 aromatic heterocycles. The van der Waals surface area contributed by atoms with Gasteiger partial charge in [-0.25, -0.2) is 0 Å². The number of hydrogen-bond acceptors (Lipinski definition) is 1. The molecule has 0 fully saturated rings. The molecule has 0 spiro atoms. The second-order valence-corrected chi connectivity index (χ2v) is 0.433. The van der Waals surface area contributed by atoms with Gasteiger partial charge in [-0.05, 0) is 0 Å². The smallest absolute Gasteiger partial charge is 0 e. The molecule has 1 N–H and O–H groups in total. The minimum absolute atomic E-state index is 0. The van der Waals surface area contributed by atoms with E-state index in [2.05, 4.69) is 0 Å². The topological polar surface area (TPSA) is 23.9 Å². The van der Waals surface area contributed by atoms with Gasteiger partial charge in [0, 0.05) is 32.7 Å². The second-order valence-electron chi connectivity index (χ2n) is 0.144. The molecule has 1 unspecified atom stereocenters. The molecule has 0 heterocycles. The molecule has 3 heteroatoms. The predicted molar refractivity (Wildman–Crippen MR) is 17.4 cm³/mol. The summed E-state index contributed by atoms with van der Waals surface area (Å²) in [6, 6.07) is 0. The fourth-order valence-corrected chi connectivity index (χ4v) is 0. The molecule has 0 bridgehead atoms. The summed E-state index contributed by atoms with van der Waals surface area (Å²) in [5.41, 5.74) is 0. The second kappa shape index (κ2) is 8.88. The quantitative estimate of drug-likeness (QED) is 0.291. The summed E-state index contributed by atoms with van der Waals surface area (Å²) in [5.74, 6) is 1.92. The molecule has 0 aliphatic heterocycles. The Kier molecular flexibility index (Phi) is 19.9. The SMILES string of the molecule is N=[C-]P.[Y]. The predicted octanol–water partition coefficient (Wildman–Crippen LogP) is 0.343. The largest absolute Gasteiger partial charge is 0.514 e. The van der Waals surface area contributed by atoms with Crippen molar-refractivity contribution in [3.05, 3.63) is 0 Å². The van der Waals surface area contributed by atoms with E-state index in [0.717, 1.165) is 0 Å². The van der Waals surface area contributed by atoms with E-state index in [9.17, 15) is 0 Å². The molecular formula is CH3NPY-. The van der Waals surface area contributed by atoms with Gasteiger partial charge in [0.1, 0.15) is 0 Å². The van der Waals surface area contributed by atoms with Crippen molar-refractivity contribution >= 4 is 15.2 Å². The van der Waals surface area contributed by atoms with Gasteiger partial charge >= 0.3 is 0 Å². The number of rotatable bonds is 0. The summed E-state index contributed by atoms with van der Waals surface area (Å²) >= 11 is 0. The van der Waals surface area contributed by atoms with Crippen LogP contribution in [0.5, 0.6) is 0 Å². The van der Waals surface area contributed by atoms with Crippen LogP contribution in [0.25, 0.3) is 0 Å². The van der Waals surface area contributed by atoms with Crippen LogP contribution in [0.4, 0.5) is 0 Å². The molecule has 0 aromatic carbocycles. The maximum atomic E-state index is 5.92. The minimum atomic E-state index is 0. The van der Waals surface area contributed by atoms with Crippen LogP contribution in [0, 0.1) is 5.41 Å². The van der Waals surface area contributed by atoms with E-state index in [1.165, 1.54) is 0 Å². The Bertz CT molecular complexity index is 15.5. The first kappa shape index (κ1) is 8.96. The van der Waals surface area contributed by atoms with Crippen LogP contribution in [0.15, 0.2) is 0 Å². The Balaban J connectivity index is 0. The summed E-state index contributed by atoms with van der Waals surface area (Å²) in [4.78, 5) is 0. The summed E-state index contributed by atoms with van der Waals surface area (Å²) in [5, 5.41) is 5.92. The van der Waals surface area contributed by atoms with Gasteiger partial charge in [-0.15, -0.1) is 0 Å². The van der Waals surface area contributed by atoms with Crippen LogP contribution in [0.1, 0.15) is 0 Å². The van der Waals surface area contributed by atoms with Crippen LogP contribution in [0.2, 0.25) is 0 Å². The Morgan fingerprint density at radius 3 is 1.75 bits per heavy atom. The Morgan fingerprint density at radius 2 is 1.75 bits per heavy atom. The van der Waals surface area contributed by atoms with E-state index in [-0.39, 0.29) is 32.7 Å². The molecule has 21 valence electrons. The molecule has 4 heavy (non-hydrogen) atoms.